The Hall–Kier alpha value is -1.82. The van der Waals surface area contributed by atoms with Crippen molar-refractivity contribution in [1.29, 1.82) is 0 Å². The lowest BCUT2D eigenvalue weighted by atomic mass is 9.94. The maximum absolute atomic E-state index is 13.0. The van der Waals surface area contributed by atoms with Crippen LogP contribution in [0.5, 0.6) is 0 Å². The predicted molar refractivity (Wildman–Crippen MR) is 106 cm³/mol. The summed E-state index contributed by atoms with van der Waals surface area (Å²) in [6.45, 7) is 4.84. The second-order valence-corrected chi connectivity index (χ2v) is 8.22. The summed E-state index contributed by atoms with van der Waals surface area (Å²) in [4.78, 5) is 15.1. The Bertz CT molecular complexity index is 725. The maximum Gasteiger partial charge on any atom is 0.236 e. The molecule has 0 saturated heterocycles. The number of rotatable bonds is 6. The Balaban J connectivity index is 1.70. The summed E-state index contributed by atoms with van der Waals surface area (Å²) in [6, 6.07) is 10.4. The molecule has 1 aromatic heterocycles. The summed E-state index contributed by atoms with van der Waals surface area (Å²) in [6.07, 6.45) is 6.05. The molecule has 3 rings (SSSR count). The molecule has 1 aromatic carbocycles. The van der Waals surface area contributed by atoms with Crippen LogP contribution in [-0.4, -0.2) is 43.4 Å². The molecule has 5 nitrogen and oxygen atoms in total. The highest BCUT2D eigenvalue weighted by Crippen LogP contribution is 2.29. The van der Waals surface area contributed by atoms with Crippen LogP contribution in [0.1, 0.15) is 46.0 Å². The van der Waals surface area contributed by atoms with Gasteiger partial charge in [-0.15, -0.1) is 10.2 Å². The number of carbonyl (C=O) groups is 1. The normalized spacial score (nSPS) is 16.4. The summed E-state index contributed by atoms with van der Waals surface area (Å²) in [5, 5.41) is 9.26. The molecule has 1 aliphatic carbocycles. The number of hydrogen-bond acceptors (Lipinski definition) is 4. The van der Waals surface area contributed by atoms with Crippen molar-refractivity contribution in [2.24, 2.45) is 7.05 Å². The molecular weight excluding hydrogens is 344 g/mol. The molecule has 6 heteroatoms. The number of aromatic nitrogens is 3. The predicted octanol–water partition coefficient (Wildman–Crippen LogP) is 4.14. The molecule has 0 aliphatic heterocycles. The highest BCUT2D eigenvalue weighted by molar-refractivity contribution is 8.00. The summed E-state index contributed by atoms with van der Waals surface area (Å²) < 4.78 is 1.97. The third-order valence-corrected chi connectivity index (χ3v) is 6.26. The van der Waals surface area contributed by atoms with Gasteiger partial charge in [0.2, 0.25) is 5.91 Å². The van der Waals surface area contributed by atoms with Crippen molar-refractivity contribution in [3.63, 3.8) is 0 Å². The third kappa shape index (κ3) is 4.11. The highest BCUT2D eigenvalue weighted by Gasteiger charge is 2.29. The molecule has 2 aromatic rings. The van der Waals surface area contributed by atoms with E-state index in [2.05, 4.69) is 22.0 Å². The van der Waals surface area contributed by atoms with E-state index >= 15 is 0 Å². The van der Waals surface area contributed by atoms with Crippen molar-refractivity contribution < 1.29 is 4.79 Å². The quantitative estimate of drug-likeness (QED) is 0.715. The first-order valence-corrected chi connectivity index (χ1v) is 10.4. The van der Waals surface area contributed by atoms with Gasteiger partial charge >= 0.3 is 0 Å². The molecule has 1 aliphatic rings. The molecule has 1 heterocycles. The number of nitrogens with zero attached hydrogens (tertiary/aromatic N) is 4. The lowest BCUT2D eigenvalue weighted by molar-refractivity contribution is -0.133. The second-order valence-electron chi connectivity index (χ2n) is 6.91. The van der Waals surface area contributed by atoms with Gasteiger partial charge in [0, 0.05) is 25.2 Å². The smallest absolute Gasteiger partial charge is 0.236 e. The third-order valence-electron chi connectivity index (χ3n) is 5.14. The van der Waals surface area contributed by atoms with Gasteiger partial charge in [0.05, 0.1) is 5.25 Å². The molecule has 1 saturated carbocycles. The van der Waals surface area contributed by atoms with Crippen LogP contribution in [0.2, 0.25) is 0 Å². The molecule has 1 unspecified atom stereocenters. The van der Waals surface area contributed by atoms with Crippen molar-refractivity contribution in [2.45, 2.75) is 62.4 Å². The van der Waals surface area contributed by atoms with Crippen LogP contribution in [-0.2, 0) is 11.8 Å². The van der Waals surface area contributed by atoms with E-state index in [0.29, 0.717) is 6.04 Å². The first kappa shape index (κ1) is 19.0. The van der Waals surface area contributed by atoms with Gasteiger partial charge in [0.1, 0.15) is 0 Å². The van der Waals surface area contributed by atoms with Crippen LogP contribution in [0.15, 0.2) is 35.5 Å². The zero-order valence-corrected chi connectivity index (χ0v) is 16.7. The zero-order chi connectivity index (χ0) is 18.5. The minimum Gasteiger partial charge on any atom is -0.339 e. The average Bonchev–Trinajstić information content (AvgIpc) is 3.04. The van der Waals surface area contributed by atoms with Crippen molar-refractivity contribution >= 4 is 17.7 Å². The van der Waals surface area contributed by atoms with Gasteiger partial charge in [-0.05, 0) is 26.7 Å². The van der Waals surface area contributed by atoms with Gasteiger partial charge in [0.25, 0.3) is 0 Å². The Morgan fingerprint density at radius 2 is 1.92 bits per heavy atom. The molecule has 140 valence electrons. The van der Waals surface area contributed by atoms with Gasteiger partial charge in [-0.2, -0.15) is 0 Å². The number of thioether (sulfide) groups is 1. The second kappa shape index (κ2) is 8.71. The monoisotopic (exact) mass is 372 g/mol. The lowest BCUT2D eigenvalue weighted by Gasteiger charge is -2.35. The van der Waals surface area contributed by atoms with Crippen molar-refractivity contribution in [3.8, 4) is 11.4 Å². The number of amides is 1. The van der Waals surface area contributed by atoms with Crippen molar-refractivity contribution in [3.05, 3.63) is 30.3 Å². The topological polar surface area (TPSA) is 51.0 Å². The Kier molecular flexibility index (Phi) is 6.35. The zero-order valence-electron chi connectivity index (χ0n) is 15.9. The summed E-state index contributed by atoms with van der Waals surface area (Å²) in [7, 11) is 1.96. The molecule has 0 spiro atoms. The van der Waals surface area contributed by atoms with Gasteiger partial charge in [0.15, 0.2) is 11.0 Å². The average molecular weight is 373 g/mol. The molecule has 0 radical (unpaired) electrons. The van der Waals surface area contributed by atoms with Gasteiger partial charge in [-0.25, -0.2) is 0 Å². The molecule has 26 heavy (non-hydrogen) atoms. The minimum absolute atomic E-state index is 0.164. The lowest BCUT2D eigenvalue weighted by Crippen LogP contribution is -2.44. The molecular formula is C20H28N4OS. The first-order valence-electron chi connectivity index (χ1n) is 9.53. The molecule has 1 atom stereocenters. The van der Waals surface area contributed by atoms with E-state index in [1.165, 1.54) is 31.0 Å². The number of hydrogen-bond donors (Lipinski definition) is 0. The molecule has 1 fully saturated rings. The Morgan fingerprint density at radius 1 is 1.23 bits per heavy atom. The van der Waals surface area contributed by atoms with E-state index in [4.69, 9.17) is 0 Å². The van der Waals surface area contributed by atoms with Gasteiger partial charge in [-0.1, -0.05) is 61.4 Å². The minimum atomic E-state index is -0.164. The maximum atomic E-state index is 13.0. The van der Waals surface area contributed by atoms with E-state index in [0.717, 1.165) is 35.9 Å². The van der Waals surface area contributed by atoms with E-state index in [1.807, 2.05) is 48.9 Å². The van der Waals surface area contributed by atoms with E-state index < -0.39 is 0 Å². The van der Waals surface area contributed by atoms with E-state index in [-0.39, 0.29) is 11.2 Å². The molecule has 1 amide bonds. The molecule has 0 N–H and O–H groups in total. The van der Waals surface area contributed by atoms with Crippen LogP contribution in [0, 0.1) is 0 Å². The molecule has 0 bridgehead atoms. The standard InChI is InChI=1S/C20H28N4OS/c1-4-24(17-13-9-6-10-14-17)19(25)15(2)26-20-22-21-18(23(20)3)16-11-7-5-8-12-16/h5,7-8,11-12,15,17H,4,6,9-10,13-14H2,1-3H3. The first-order chi connectivity index (χ1) is 12.6. The van der Waals surface area contributed by atoms with E-state index in [9.17, 15) is 4.79 Å². The SMILES string of the molecule is CCN(C(=O)C(C)Sc1nnc(-c2ccccc2)n1C)C1CCCCC1. The summed E-state index contributed by atoms with van der Waals surface area (Å²) in [5.74, 6) is 1.04. The Labute approximate surface area is 160 Å². The fourth-order valence-corrected chi connectivity index (χ4v) is 4.57. The largest absolute Gasteiger partial charge is 0.339 e. The summed E-state index contributed by atoms with van der Waals surface area (Å²) >= 11 is 1.50. The van der Waals surface area contributed by atoms with Crippen LogP contribution in [0.3, 0.4) is 0 Å². The number of benzene rings is 1. The fraction of sp³-hybridized carbons (Fsp3) is 0.550. The van der Waals surface area contributed by atoms with Crippen LogP contribution in [0.4, 0.5) is 0 Å². The van der Waals surface area contributed by atoms with Gasteiger partial charge < -0.3 is 9.47 Å². The Morgan fingerprint density at radius 3 is 2.58 bits per heavy atom. The van der Waals surface area contributed by atoms with Crippen LogP contribution in [0.25, 0.3) is 11.4 Å². The van der Waals surface area contributed by atoms with E-state index in [1.54, 1.807) is 0 Å². The van der Waals surface area contributed by atoms with Crippen LogP contribution >= 0.6 is 11.8 Å². The summed E-state index contributed by atoms with van der Waals surface area (Å²) in [5.41, 5.74) is 1.03. The number of carbonyl (C=O) groups excluding carboxylic acids is 1. The van der Waals surface area contributed by atoms with Gasteiger partial charge in [-0.3, -0.25) is 4.79 Å². The van der Waals surface area contributed by atoms with Crippen LogP contribution < -0.4 is 0 Å². The highest BCUT2D eigenvalue weighted by atomic mass is 32.2. The van der Waals surface area contributed by atoms with Crippen molar-refractivity contribution in [2.75, 3.05) is 6.54 Å². The fourth-order valence-electron chi connectivity index (χ4n) is 3.68. The van der Waals surface area contributed by atoms with Crippen molar-refractivity contribution in [1.82, 2.24) is 19.7 Å².